The smallest absolute Gasteiger partial charge is 0.320 e. The molecule has 2 aliphatic rings. The molecule has 1 aliphatic heterocycles. The number of nitrogens with zero attached hydrogens (tertiary/aromatic N) is 1. The van der Waals surface area contributed by atoms with Crippen molar-refractivity contribution in [2.45, 2.75) is 52.0 Å². The second-order valence-electron chi connectivity index (χ2n) is 5.55. The minimum atomic E-state index is -0.198. The van der Waals surface area contributed by atoms with Crippen molar-refractivity contribution in [3.8, 4) is 0 Å². The van der Waals surface area contributed by atoms with E-state index in [0.29, 0.717) is 13.0 Å². The van der Waals surface area contributed by atoms with E-state index in [1.54, 1.807) is 0 Å². The Morgan fingerprint density at radius 2 is 2.06 bits per heavy atom. The topological polar surface area (TPSA) is 49.4 Å². The van der Waals surface area contributed by atoms with Crippen LogP contribution in [0.3, 0.4) is 0 Å². The number of urea groups is 1. The van der Waals surface area contributed by atoms with E-state index in [1.165, 1.54) is 12.8 Å². The molecule has 0 radical (unpaired) electrons. The van der Waals surface area contributed by atoms with Crippen LogP contribution in [0.4, 0.5) is 4.79 Å². The van der Waals surface area contributed by atoms with Gasteiger partial charge in [-0.25, -0.2) is 4.79 Å². The number of carbonyl (C=O) groups is 2. The van der Waals surface area contributed by atoms with Crippen LogP contribution in [0.1, 0.15) is 46.0 Å². The molecule has 0 aromatic heterocycles. The zero-order valence-electron chi connectivity index (χ0n) is 10.1. The van der Waals surface area contributed by atoms with Crippen LogP contribution in [-0.4, -0.2) is 29.4 Å². The van der Waals surface area contributed by atoms with Crippen LogP contribution in [-0.2, 0) is 4.79 Å². The maximum Gasteiger partial charge on any atom is 0.324 e. The average molecular weight is 224 g/mol. The third-order valence-electron chi connectivity index (χ3n) is 3.91. The largest absolute Gasteiger partial charge is 0.324 e. The van der Waals surface area contributed by atoms with E-state index in [2.05, 4.69) is 19.2 Å². The van der Waals surface area contributed by atoms with Gasteiger partial charge in [0.1, 0.15) is 0 Å². The van der Waals surface area contributed by atoms with Gasteiger partial charge in [-0.15, -0.1) is 0 Å². The first-order valence-corrected chi connectivity index (χ1v) is 6.11. The van der Waals surface area contributed by atoms with Crippen molar-refractivity contribution < 1.29 is 9.59 Å². The zero-order chi connectivity index (χ0) is 11.8. The number of hydrogen-bond donors (Lipinski definition) is 1. The lowest BCUT2D eigenvalue weighted by molar-refractivity contribution is -0.122. The maximum absolute atomic E-state index is 11.8. The third-order valence-corrected chi connectivity index (χ3v) is 3.91. The molecule has 1 aliphatic carbocycles. The lowest BCUT2D eigenvalue weighted by Crippen LogP contribution is -2.58. The number of nitrogens with one attached hydrogen (secondary N) is 1. The van der Waals surface area contributed by atoms with Gasteiger partial charge in [0.15, 0.2) is 0 Å². The summed E-state index contributed by atoms with van der Waals surface area (Å²) in [7, 11) is 0. The minimum absolute atomic E-state index is 0.144. The SMILES string of the molecule is CC1(C)CCCCC1N1CCC(=O)NC1=O. The van der Waals surface area contributed by atoms with E-state index >= 15 is 0 Å². The average Bonchev–Trinajstić information content (AvgIpc) is 2.19. The molecule has 1 N–H and O–H groups in total. The quantitative estimate of drug-likeness (QED) is 0.739. The van der Waals surface area contributed by atoms with Crippen LogP contribution in [0.25, 0.3) is 0 Å². The highest BCUT2D eigenvalue weighted by Gasteiger charge is 2.40. The summed E-state index contributed by atoms with van der Waals surface area (Å²) in [6.07, 6.45) is 5.10. The number of imide groups is 1. The first kappa shape index (κ1) is 11.4. The monoisotopic (exact) mass is 224 g/mol. The van der Waals surface area contributed by atoms with Crippen molar-refractivity contribution in [1.82, 2.24) is 10.2 Å². The second kappa shape index (κ2) is 4.07. The predicted octanol–water partition coefficient (Wildman–Crippen LogP) is 1.90. The van der Waals surface area contributed by atoms with E-state index in [4.69, 9.17) is 0 Å². The molecule has 16 heavy (non-hydrogen) atoms. The Kier molecular flexibility index (Phi) is 2.91. The molecule has 0 spiro atoms. The lowest BCUT2D eigenvalue weighted by Gasteiger charge is -2.46. The lowest BCUT2D eigenvalue weighted by atomic mass is 9.72. The van der Waals surface area contributed by atoms with E-state index < -0.39 is 0 Å². The number of amides is 3. The van der Waals surface area contributed by atoms with Crippen LogP contribution in [0.15, 0.2) is 0 Å². The summed E-state index contributed by atoms with van der Waals surface area (Å²) in [6, 6.07) is 0.0885. The van der Waals surface area contributed by atoms with Crippen molar-refractivity contribution in [3.63, 3.8) is 0 Å². The summed E-state index contributed by atoms with van der Waals surface area (Å²) < 4.78 is 0. The Morgan fingerprint density at radius 1 is 1.31 bits per heavy atom. The molecule has 1 saturated heterocycles. The molecule has 4 nitrogen and oxygen atoms in total. The van der Waals surface area contributed by atoms with Gasteiger partial charge in [-0.1, -0.05) is 26.7 Å². The fourth-order valence-electron chi connectivity index (χ4n) is 2.93. The van der Waals surface area contributed by atoms with Gasteiger partial charge in [0.25, 0.3) is 0 Å². The summed E-state index contributed by atoms with van der Waals surface area (Å²) in [5, 5.41) is 2.41. The van der Waals surface area contributed by atoms with Gasteiger partial charge in [0.2, 0.25) is 5.91 Å². The Balaban J connectivity index is 2.11. The second-order valence-corrected chi connectivity index (χ2v) is 5.55. The van der Waals surface area contributed by atoms with E-state index in [0.717, 1.165) is 12.8 Å². The van der Waals surface area contributed by atoms with Gasteiger partial charge in [0, 0.05) is 19.0 Å². The van der Waals surface area contributed by atoms with Crippen LogP contribution < -0.4 is 5.32 Å². The molecule has 0 aromatic carbocycles. The highest BCUT2D eigenvalue weighted by molar-refractivity contribution is 5.96. The molecule has 90 valence electrons. The highest BCUT2D eigenvalue weighted by Crippen LogP contribution is 2.39. The zero-order valence-corrected chi connectivity index (χ0v) is 10.1. The van der Waals surface area contributed by atoms with Crippen LogP contribution >= 0.6 is 0 Å². The summed E-state index contributed by atoms with van der Waals surface area (Å²) in [6.45, 7) is 5.03. The normalized spacial score (nSPS) is 30.1. The Labute approximate surface area is 96.4 Å². The van der Waals surface area contributed by atoms with Crippen molar-refractivity contribution in [2.75, 3.05) is 6.54 Å². The van der Waals surface area contributed by atoms with Gasteiger partial charge in [-0.05, 0) is 18.3 Å². The first-order valence-electron chi connectivity index (χ1n) is 6.11. The van der Waals surface area contributed by atoms with E-state index in [1.807, 2.05) is 4.90 Å². The first-order chi connectivity index (χ1) is 7.50. The number of carbonyl (C=O) groups excluding carboxylic acids is 2. The van der Waals surface area contributed by atoms with Crippen molar-refractivity contribution in [3.05, 3.63) is 0 Å². The maximum atomic E-state index is 11.8. The minimum Gasteiger partial charge on any atom is -0.320 e. The molecular formula is C12H20N2O2. The standard InChI is InChI=1S/C12H20N2O2/c1-12(2)7-4-3-5-9(12)14-8-6-10(15)13-11(14)16/h9H,3-8H2,1-2H3,(H,13,15,16). The molecule has 1 unspecified atom stereocenters. The molecule has 3 amide bonds. The summed E-state index contributed by atoms with van der Waals surface area (Å²) in [5.41, 5.74) is 0.177. The molecular weight excluding hydrogens is 204 g/mol. The van der Waals surface area contributed by atoms with Crippen LogP contribution in [0.2, 0.25) is 0 Å². The number of rotatable bonds is 1. The van der Waals surface area contributed by atoms with Gasteiger partial charge in [-0.2, -0.15) is 0 Å². The molecule has 2 fully saturated rings. The fourth-order valence-corrected chi connectivity index (χ4v) is 2.93. The molecule has 4 heteroatoms. The fraction of sp³-hybridized carbons (Fsp3) is 0.833. The Hall–Kier alpha value is -1.06. The third kappa shape index (κ3) is 2.06. The Bertz CT molecular complexity index is 312. The molecule has 1 saturated carbocycles. The number of hydrogen-bond acceptors (Lipinski definition) is 2. The molecule has 1 heterocycles. The Morgan fingerprint density at radius 3 is 2.69 bits per heavy atom. The van der Waals surface area contributed by atoms with Gasteiger partial charge in [-0.3, -0.25) is 10.1 Å². The molecule has 1 atom stereocenters. The van der Waals surface area contributed by atoms with E-state index in [9.17, 15) is 9.59 Å². The van der Waals surface area contributed by atoms with Gasteiger partial charge >= 0.3 is 6.03 Å². The predicted molar refractivity (Wildman–Crippen MR) is 60.9 cm³/mol. The molecule has 0 aromatic rings. The van der Waals surface area contributed by atoms with Gasteiger partial charge in [0.05, 0.1) is 0 Å². The molecule has 2 rings (SSSR count). The van der Waals surface area contributed by atoms with Crippen molar-refractivity contribution in [1.29, 1.82) is 0 Å². The summed E-state index contributed by atoms with van der Waals surface area (Å²) >= 11 is 0. The van der Waals surface area contributed by atoms with Crippen molar-refractivity contribution in [2.24, 2.45) is 5.41 Å². The van der Waals surface area contributed by atoms with Crippen LogP contribution in [0.5, 0.6) is 0 Å². The molecule has 0 bridgehead atoms. The van der Waals surface area contributed by atoms with Gasteiger partial charge < -0.3 is 4.90 Å². The summed E-state index contributed by atoms with van der Waals surface area (Å²) in [4.78, 5) is 24.8. The van der Waals surface area contributed by atoms with Crippen molar-refractivity contribution >= 4 is 11.9 Å². The summed E-state index contributed by atoms with van der Waals surface area (Å²) in [5.74, 6) is -0.144. The van der Waals surface area contributed by atoms with Crippen LogP contribution in [0, 0.1) is 5.41 Å². The van der Waals surface area contributed by atoms with E-state index in [-0.39, 0.29) is 23.4 Å². The highest BCUT2D eigenvalue weighted by atomic mass is 16.2.